The molecule has 0 bridgehead atoms. The topological polar surface area (TPSA) is 59.2 Å². The molecule has 21 heavy (non-hydrogen) atoms. The largest absolute Gasteiger partial charge is 0.339 e. The maximum absolute atomic E-state index is 12.5. The second-order valence-electron chi connectivity index (χ2n) is 5.77. The van der Waals surface area contributed by atoms with E-state index in [1.807, 2.05) is 22.4 Å². The Labute approximate surface area is 127 Å². The van der Waals surface area contributed by atoms with E-state index in [1.54, 1.807) is 11.3 Å². The lowest BCUT2D eigenvalue weighted by molar-refractivity contribution is -0.131. The highest BCUT2D eigenvalue weighted by atomic mass is 32.1. The summed E-state index contributed by atoms with van der Waals surface area (Å²) in [6.07, 6.45) is 4.70. The maximum atomic E-state index is 12.5. The molecule has 2 aliphatic rings. The van der Waals surface area contributed by atoms with Crippen molar-refractivity contribution in [3.63, 3.8) is 0 Å². The minimum Gasteiger partial charge on any atom is -0.339 e. The molecular formula is C15H17N3O2S. The van der Waals surface area contributed by atoms with Crippen molar-refractivity contribution >= 4 is 17.2 Å². The molecule has 5 nitrogen and oxygen atoms in total. The molecule has 0 spiro atoms. The van der Waals surface area contributed by atoms with Crippen molar-refractivity contribution in [1.82, 2.24) is 15.0 Å². The Morgan fingerprint density at radius 3 is 3.10 bits per heavy atom. The average molecular weight is 303 g/mol. The minimum absolute atomic E-state index is 0.00582. The van der Waals surface area contributed by atoms with E-state index in [2.05, 4.69) is 10.1 Å². The van der Waals surface area contributed by atoms with Crippen LogP contribution in [0.5, 0.6) is 0 Å². The molecule has 1 atom stereocenters. The number of likely N-dealkylation sites (tertiary alicyclic amines) is 1. The van der Waals surface area contributed by atoms with E-state index >= 15 is 0 Å². The van der Waals surface area contributed by atoms with Crippen molar-refractivity contribution in [3.8, 4) is 0 Å². The quantitative estimate of drug-likeness (QED) is 0.871. The molecule has 2 fully saturated rings. The van der Waals surface area contributed by atoms with Crippen molar-refractivity contribution in [2.45, 2.75) is 44.1 Å². The van der Waals surface area contributed by atoms with Crippen molar-refractivity contribution in [1.29, 1.82) is 0 Å². The fourth-order valence-corrected chi connectivity index (χ4v) is 3.57. The molecule has 1 saturated carbocycles. The Morgan fingerprint density at radius 2 is 2.33 bits per heavy atom. The zero-order valence-electron chi connectivity index (χ0n) is 11.7. The van der Waals surface area contributed by atoms with Gasteiger partial charge in [-0.05, 0) is 37.1 Å². The standard InChI is InChI=1S/C15H17N3O2S/c19-13(9-11-3-2-8-21-11)18-7-1-4-12(18)14-16-15(20-17-14)10-5-6-10/h2-3,8,10,12H,1,4-7,9H2. The molecule has 4 rings (SSSR count). The minimum atomic E-state index is -0.00582. The second-order valence-corrected chi connectivity index (χ2v) is 6.80. The van der Waals surface area contributed by atoms with Gasteiger partial charge in [0.2, 0.25) is 11.8 Å². The van der Waals surface area contributed by atoms with Crippen LogP contribution >= 0.6 is 11.3 Å². The summed E-state index contributed by atoms with van der Waals surface area (Å²) in [5.74, 6) is 2.07. The Balaban J connectivity index is 1.49. The molecule has 1 unspecified atom stereocenters. The Kier molecular flexibility index (Phi) is 3.25. The molecule has 1 saturated heterocycles. The number of thiophene rings is 1. The highest BCUT2D eigenvalue weighted by Crippen LogP contribution is 2.40. The monoisotopic (exact) mass is 303 g/mol. The van der Waals surface area contributed by atoms with Gasteiger partial charge in [0.1, 0.15) is 0 Å². The molecule has 110 valence electrons. The van der Waals surface area contributed by atoms with E-state index in [0.717, 1.165) is 43.0 Å². The Morgan fingerprint density at radius 1 is 1.43 bits per heavy atom. The lowest BCUT2D eigenvalue weighted by Gasteiger charge is -2.21. The van der Waals surface area contributed by atoms with Gasteiger partial charge < -0.3 is 9.42 Å². The maximum Gasteiger partial charge on any atom is 0.229 e. The number of hydrogen-bond donors (Lipinski definition) is 0. The van der Waals surface area contributed by atoms with Crippen LogP contribution in [0.4, 0.5) is 0 Å². The lowest BCUT2D eigenvalue weighted by atomic mass is 10.2. The van der Waals surface area contributed by atoms with Gasteiger partial charge in [0, 0.05) is 17.3 Å². The molecule has 3 heterocycles. The van der Waals surface area contributed by atoms with Gasteiger partial charge in [-0.15, -0.1) is 11.3 Å². The summed E-state index contributed by atoms with van der Waals surface area (Å²) in [5, 5.41) is 6.12. The average Bonchev–Trinajstić information content (AvgIpc) is 2.94. The normalized spacial score (nSPS) is 21.9. The van der Waals surface area contributed by atoms with E-state index in [-0.39, 0.29) is 11.9 Å². The first-order valence-corrected chi connectivity index (χ1v) is 8.34. The van der Waals surface area contributed by atoms with Crippen LogP contribution in [0.1, 0.15) is 54.2 Å². The van der Waals surface area contributed by atoms with Crippen LogP contribution in [0.2, 0.25) is 0 Å². The predicted octanol–water partition coefficient (Wildman–Crippen LogP) is 2.91. The van der Waals surface area contributed by atoms with Gasteiger partial charge in [-0.2, -0.15) is 4.98 Å². The molecule has 1 aliphatic carbocycles. The molecule has 1 aliphatic heterocycles. The SMILES string of the molecule is O=C(Cc1cccs1)N1CCCC1c1noc(C2CC2)n1. The van der Waals surface area contributed by atoms with Gasteiger partial charge in [-0.1, -0.05) is 11.2 Å². The molecule has 0 aromatic carbocycles. The summed E-state index contributed by atoms with van der Waals surface area (Å²) in [4.78, 5) is 20.0. The lowest BCUT2D eigenvalue weighted by Crippen LogP contribution is -2.32. The Bertz CT molecular complexity index is 633. The van der Waals surface area contributed by atoms with E-state index in [1.165, 1.54) is 0 Å². The fourth-order valence-electron chi connectivity index (χ4n) is 2.88. The molecule has 6 heteroatoms. The summed E-state index contributed by atoms with van der Waals surface area (Å²) < 4.78 is 5.34. The number of aromatic nitrogens is 2. The summed E-state index contributed by atoms with van der Waals surface area (Å²) in [7, 11) is 0. The van der Waals surface area contributed by atoms with Gasteiger partial charge in [0.25, 0.3) is 0 Å². The second kappa shape index (κ2) is 5.26. The van der Waals surface area contributed by atoms with E-state index in [4.69, 9.17) is 4.52 Å². The molecular weight excluding hydrogens is 286 g/mol. The first kappa shape index (κ1) is 13.0. The van der Waals surface area contributed by atoms with Gasteiger partial charge in [-0.3, -0.25) is 4.79 Å². The van der Waals surface area contributed by atoms with Crippen LogP contribution in [0.15, 0.2) is 22.0 Å². The van der Waals surface area contributed by atoms with Gasteiger partial charge in [-0.25, -0.2) is 0 Å². The van der Waals surface area contributed by atoms with Crippen LogP contribution in [-0.2, 0) is 11.2 Å². The van der Waals surface area contributed by atoms with Crippen molar-refractivity contribution < 1.29 is 9.32 Å². The zero-order valence-corrected chi connectivity index (χ0v) is 12.5. The first-order valence-electron chi connectivity index (χ1n) is 7.46. The third kappa shape index (κ3) is 2.60. The highest BCUT2D eigenvalue weighted by Gasteiger charge is 2.35. The van der Waals surface area contributed by atoms with Crippen LogP contribution in [0.25, 0.3) is 0 Å². The molecule has 2 aromatic rings. The number of nitrogens with zero attached hydrogens (tertiary/aromatic N) is 3. The summed E-state index contributed by atoms with van der Waals surface area (Å²) in [5.41, 5.74) is 0. The van der Waals surface area contributed by atoms with Gasteiger partial charge in [0.05, 0.1) is 12.5 Å². The van der Waals surface area contributed by atoms with Crippen LogP contribution in [0, 0.1) is 0 Å². The predicted molar refractivity (Wildman–Crippen MR) is 78.0 cm³/mol. The molecule has 0 radical (unpaired) electrons. The number of carbonyl (C=O) groups excluding carboxylic acids is 1. The van der Waals surface area contributed by atoms with E-state index in [0.29, 0.717) is 18.2 Å². The third-order valence-electron chi connectivity index (χ3n) is 4.16. The fraction of sp³-hybridized carbons (Fsp3) is 0.533. The van der Waals surface area contributed by atoms with Gasteiger partial charge >= 0.3 is 0 Å². The third-order valence-corrected chi connectivity index (χ3v) is 5.04. The summed E-state index contributed by atoms with van der Waals surface area (Å²) in [6.45, 7) is 0.794. The first-order chi connectivity index (χ1) is 10.3. The van der Waals surface area contributed by atoms with Gasteiger partial charge in [0.15, 0.2) is 5.82 Å². The van der Waals surface area contributed by atoms with E-state index < -0.39 is 0 Å². The van der Waals surface area contributed by atoms with Crippen LogP contribution in [-0.4, -0.2) is 27.5 Å². The van der Waals surface area contributed by atoms with Crippen molar-refractivity contribution in [2.75, 3.05) is 6.54 Å². The molecule has 1 amide bonds. The van der Waals surface area contributed by atoms with Crippen molar-refractivity contribution in [2.24, 2.45) is 0 Å². The van der Waals surface area contributed by atoms with Crippen LogP contribution < -0.4 is 0 Å². The number of carbonyl (C=O) groups is 1. The summed E-state index contributed by atoms with van der Waals surface area (Å²) >= 11 is 1.63. The van der Waals surface area contributed by atoms with Crippen molar-refractivity contribution in [3.05, 3.63) is 34.1 Å². The van der Waals surface area contributed by atoms with E-state index in [9.17, 15) is 4.79 Å². The molecule has 0 N–H and O–H groups in total. The number of amides is 1. The van der Waals surface area contributed by atoms with Crippen LogP contribution in [0.3, 0.4) is 0 Å². The summed E-state index contributed by atoms with van der Waals surface area (Å²) in [6, 6.07) is 3.98. The zero-order chi connectivity index (χ0) is 14.2. The number of hydrogen-bond acceptors (Lipinski definition) is 5. The highest BCUT2D eigenvalue weighted by molar-refractivity contribution is 7.10. The number of rotatable bonds is 4. The molecule has 2 aromatic heterocycles. The Hall–Kier alpha value is -1.69. The smallest absolute Gasteiger partial charge is 0.229 e.